The van der Waals surface area contributed by atoms with Gasteiger partial charge in [0, 0.05) is 32.0 Å². The van der Waals surface area contributed by atoms with Crippen molar-refractivity contribution in [3.05, 3.63) is 11.8 Å². The first-order valence-electron chi connectivity index (χ1n) is 8.68. The second-order valence-electron chi connectivity index (χ2n) is 6.83. The van der Waals surface area contributed by atoms with Crippen molar-refractivity contribution in [2.24, 2.45) is 5.92 Å². The molecule has 126 valence electrons. The van der Waals surface area contributed by atoms with Crippen LogP contribution in [0.5, 0.6) is 0 Å². The predicted octanol–water partition coefficient (Wildman–Crippen LogP) is 2.50. The van der Waals surface area contributed by atoms with Crippen LogP contribution in [-0.4, -0.2) is 39.6 Å². The molecule has 1 aromatic heterocycles. The first-order chi connectivity index (χ1) is 11.0. The Morgan fingerprint density at radius 1 is 1.43 bits per heavy atom. The van der Waals surface area contributed by atoms with Gasteiger partial charge >= 0.3 is 0 Å². The maximum atomic E-state index is 12.2. The van der Waals surface area contributed by atoms with Crippen molar-refractivity contribution in [2.45, 2.75) is 58.4 Å². The van der Waals surface area contributed by atoms with E-state index in [1.807, 2.05) is 17.7 Å². The Kier molecular flexibility index (Phi) is 4.68. The molecular formula is C17H26N4O2. The SMILES string of the molecule is Cc1cc(NC(=O)CCN2CCCCC2=O)n(C(C)C2CC2)n1. The third-order valence-corrected chi connectivity index (χ3v) is 4.85. The van der Waals surface area contributed by atoms with Crippen molar-refractivity contribution in [1.82, 2.24) is 14.7 Å². The third kappa shape index (κ3) is 3.92. The monoisotopic (exact) mass is 318 g/mol. The number of aryl methyl sites for hydroxylation is 1. The van der Waals surface area contributed by atoms with Gasteiger partial charge in [0.1, 0.15) is 5.82 Å². The van der Waals surface area contributed by atoms with Gasteiger partial charge in [-0.2, -0.15) is 5.10 Å². The Bertz CT molecular complexity index is 591. The predicted molar refractivity (Wildman–Crippen MR) is 88.1 cm³/mol. The van der Waals surface area contributed by atoms with Crippen LogP contribution in [0, 0.1) is 12.8 Å². The summed E-state index contributed by atoms with van der Waals surface area (Å²) in [7, 11) is 0. The third-order valence-electron chi connectivity index (χ3n) is 4.85. The molecule has 1 aliphatic carbocycles. The number of amides is 2. The lowest BCUT2D eigenvalue weighted by atomic mass is 10.1. The first-order valence-corrected chi connectivity index (χ1v) is 8.68. The number of aromatic nitrogens is 2. The summed E-state index contributed by atoms with van der Waals surface area (Å²) >= 11 is 0. The smallest absolute Gasteiger partial charge is 0.227 e. The number of nitrogens with zero attached hydrogens (tertiary/aromatic N) is 3. The molecule has 23 heavy (non-hydrogen) atoms. The largest absolute Gasteiger partial charge is 0.342 e. The van der Waals surface area contributed by atoms with Crippen LogP contribution in [0.15, 0.2) is 6.07 Å². The summed E-state index contributed by atoms with van der Waals surface area (Å²) in [5.74, 6) is 1.58. The molecule has 0 bridgehead atoms. The normalized spacial score (nSPS) is 19.7. The Labute approximate surface area is 137 Å². The topological polar surface area (TPSA) is 67.2 Å². The molecule has 1 atom stereocenters. The average Bonchev–Trinajstić information content (AvgIpc) is 3.30. The summed E-state index contributed by atoms with van der Waals surface area (Å²) in [5.41, 5.74) is 0.916. The summed E-state index contributed by atoms with van der Waals surface area (Å²) in [6.07, 6.45) is 5.45. The van der Waals surface area contributed by atoms with E-state index in [2.05, 4.69) is 17.3 Å². The van der Waals surface area contributed by atoms with E-state index < -0.39 is 0 Å². The second-order valence-corrected chi connectivity index (χ2v) is 6.83. The van der Waals surface area contributed by atoms with Crippen LogP contribution in [0.4, 0.5) is 5.82 Å². The minimum absolute atomic E-state index is 0.0486. The molecule has 6 nitrogen and oxygen atoms in total. The van der Waals surface area contributed by atoms with Gasteiger partial charge in [-0.05, 0) is 45.4 Å². The molecule has 1 saturated heterocycles. The van der Waals surface area contributed by atoms with Crippen molar-refractivity contribution < 1.29 is 9.59 Å². The molecule has 2 amide bonds. The highest BCUT2D eigenvalue weighted by Gasteiger charge is 2.31. The summed E-state index contributed by atoms with van der Waals surface area (Å²) < 4.78 is 1.94. The summed E-state index contributed by atoms with van der Waals surface area (Å²) in [6, 6.07) is 2.24. The van der Waals surface area contributed by atoms with E-state index in [0.717, 1.165) is 30.9 Å². The molecule has 3 rings (SSSR count). The second kappa shape index (κ2) is 6.72. The van der Waals surface area contributed by atoms with Gasteiger partial charge < -0.3 is 10.2 Å². The molecule has 0 aromatic carbocycles. The average molecular weight is 318 g/mol. The maximum Gasteiger partial charge on any atom is 0.227 e. The van der Waals surface area contributed by atoms with E-state index in [-0.39, 0.29) is 11.8 Å². The number of likely N-dealkylation sites (tertiary alicyclic amines) is 1. The lowest BCUT2D eigenvalue weighted by Crippen LogP contribution is -2.37. The summed E-state index contributed by atoms with van der Waals surface area (Å²) in [4.78, 5) is 25.8. The fourth-order valence-corrected chi connectivity index (χ4v) is 3.24. The number of hydrogen-bond donors (Lipinski definition) is 1. The van der Waals surface area contributed by atoms with Gasteiger partial charge in [-0.25, -0.2) is 4.68 Å². The highest BCUT2D eigenvalue weighted by atomic mass is 16.2. The number of carbonyl (C=O) groups is 2. The van der Waals surface area contributed by atoms with Crippen LogP contribution in [0.25, 0.3) is 0 Å². The molecule has 1 aliphatic heterocycles. The van der Waals surface area contributed by atoms with Gasteiger partial charge in [-0.1, -0.05) is 0 Å². The summed E-state index contributed by atoms with van der Waals surface area (Å²) in [6.45, 7) is 5.39. The Balaban J connectivity index is 1.56. The van der Waals surface area contributed by atoms with Gasteiger partial charge in [0.2, 0.25) is 11.8 Å². The van der Waals surface area contributed by atoms with E-state index in [1.165, 1.54) is 12.8 Å². The molecule has 6 heteroatoms. The van der Waals surface area contributed by atoms with Crippen LogP contribution in [0.3, 0.4) is 0 Å². The van der Waals surface area contributed by atoms with E-state index in [1.54, 1.807) is 4.90 Å². The minimum atomic E-state index is -0.0486. The minimum Gasteiger partial charge on any atom is -0.342 e. The van der Waals surface area contributed by atoms with Crippen LogP contribution in [0.1, 0.15) is 57.2 Å². The fraction of sp³-hybridized carbons (Fsp3) is 0.706. The maximum absolute atomic E-state index is 12.2. The zero-order chi connectivity index (χ0) is 16.4. The van der Waals surface area contributed by atoms with Crippen molar-refractivity contribution >= 4 is 17.6 Å². The molecular weight excluding hydrogens is 292 g/mol. The molecule has 1 unspecified atom stereocenters. The number of piperidine rings is 1. The van der Waals surface area contributed by atoms with Crippen LogP contribution in [-0.2, 0) is 9.59 Å². The van der Waals surface area contributed by atoms with Gasteiger partial charge in [0.15, 0.2) is 0 Å². The van der Waals surface area contributed by atoms with Gasteiger partial charge in [0.25, 0.3) is 0 Å². The Morgan fingerprint density at radius 2 is 2.22 bits per heavy atom. The van der Waals surface area contributed by atoms with Crippen molar-refractivity contribution in [3.63, 3.8) is 0 Å². The first kappa shape index (κ1) is 16.0. The van der Waals surface area contributed by atoms with Crippen LogP contribution < -0.4 is 5.32 Å². The standard InChI is InChI=1S/C17H26N4O2/c1-12-11-15(21(19-12)13(2)14-6-7-14)18-16(22)8-10-20-9-4-3-5-17(20)23/h11,13-14H,3-10H2,1-2H3,(H,18,22). The zero-order valence-corrected chi connectivity index (χ0v) is 14.0. The Morgan fingerprint density at radius 3 is 2.91 bits per heavy atom. The van der Waals surface area contributed by atoms with E-state index in [9.17, 15) is 9.59 Å². The lowest BCUT2D eigenvalue weighted by Gasteiger charge is -2.26. The summed E-state index contributed by atoms with van der Waals surface area (Å²) in [5, 5.41) is 7.50. The molecule has 1 aromatic rings. The number of hydrogen-bond acceptors (Lipinski definition) is 3. The van der Waals surface area contributed by atoms with E-state index >= 15 is 0 Å². The van der Waals surface area contributed by atoms with Gasteiger partial charge in [-0.15, -0.1) is 0 Å². The molecule has 0 radical (unpaired) electrons. The molecule has 0 spiro atoms. The van der Waals surface area contributed by atoms with Crippen LogP contribution >= 0.6 is 0 Å². The fourth-order valence-electron chi connectivity index (χ4n) is 3.24. The molecule has 1 saturated carbocycles. The van der Waals surface area contributed by atoms with Crippen molar-refractivity contribution in [2.75, 3.05) is 18.4 Å². The number of anilines is 1. The number of rotatable bonds is 6. The lowest BCUT2D eigenvalue weighted by molar-refractivity contribution is -0.133. The molecule has 1 N–H and O–H groups in total. The van der Waals surface area contributed by atoms with Crippen LogP contribution in [0.2, 0.25) is 0 Å². The molecule has 2 aliphatic rings. The quantitative estimate of drug-likeness (QED) is 0.876. The van der Waals surface area contributed by atoms with E-state index in [4.69, 9.17) is 0 Å². The van der Waals surface area contributed by atoms with Crippen molar-refractivity contribution in [1.29, 1.82) is 0 Å². The Hall–Kier alpha value is -1.85. The molecule has 2 heterocycles. The highest BCUT2D eigenvalue weighted by molar-refractivity contribution is 5.90. The van der Waals surface area contributed by atoms with Gasteiger partial charge in [-0.3, -0.25) is 9.59 Å². The van der Waals surface area contributed by atoms with Gasteiger partial charge in [0.05, 0.1) is 11.7 Å². The number of nitrogens with one attached hydrogen (secondary N) is 1. The number of carbonyl (C=O) groups excluding carboxylic acids is 2. The highest BCUT2D eigenvalue weighted by Crippen LogP contribution is 2.40. The molecule has 2 fully saturated rings. The van der Waals surface area contributed by atoms with E-state index in [0.29, 0.717) is 31.3 Å². The zero-order valence-electron chi connectivity index (χ0n) is 14.0. The van der Waals surface area contributed by atoms with Crippen molar-refractivity contribution in [3.8, 4) is 0 Å².